The summed E-state index contributed by atoms with van der Waals surface area (Å²) in [5, 5.41) is 14.7. The smallest absolute Gasteiger partial charge is 0.254 e. The van der Waals surface area contributed by atoms with Gasteiger partial charge in [-0.3, -0.25) is 5.41 Å². The van der Waals surface area contributed by atoms with Gasteiger partial charge in [-0.2, -0.15) is 0 Å². The van der Waals surface area contributed by atoms with Crippen LogP contribution in [0.2, 0.25) is 0 Å². The maximum atomic E-state index is 10.8. The van der Waals surface area contributed by atoms with Crippen molar-refractivity contribution in [1.29, 1.82) is 5.41 Å². The zero-order chi connectivity index (χ0) is 14.0. The summed E-state index contributed by atoms with van der Waals surface area (Å²) < 4.78 is 21.7. The molecule has 0 aromatic rings. The molecule has 0 fully saturated rings. The summed E-state index contributed by atoms with van der Waals surface area (Å²) in [4.78, 5) is 0. The molecule has 0 unspecified atom stereocenters. The monoisotopic (exact) mass is 275 g/mol. The van der Waals surface area contributed by atoms with Crippen molar-refractivity contribution >= 4 is 15.1 Å². The Bertz CT molecular complexity index is 375. The van der Waals surface area contributed by atoms with Gasteiger partial charge in [0.2, 0.25) is 0 Å². The van der Waals surface area contributed by atoms with Crippen LogP contribution in [-0.2, 0) is 10.0 Å². The fraction of sp³-hybridized carbons (Fsp3) is 0.750. The lowest BCUT2D eigenvalue weighted by Crippen LogP contribution is -2.20. The van der Waals surface area contributed by atoms with E-state index in [-0.39, 0.29) is 0 Å². The van der Waals surface area contributed by atoms with E-state index in [0.29, 0.717) is 0 Å². The van der Waals surface area contributed by atoms with Crippen molar-refractivity contribution in [3.63, 3.8) is 0 Å². The first kappa shape index (κ1) is 17.3. The van der Waals surface area contributed by atoms with Crippen LogP contribution < -0.4 is 10.5 Å². The van der Waals surface area contributed by atoms with Crippen LogP contribution in [0.4, 0.5) is 0 Å². The third-order valence-electron chi connectivity index (χ3n) is 2.68. The van der Waals surface area contributed by atoms with E-state index in [2.05, 4.69) is 5.32 Å². The fourth-order valence-electron chi connectivity index (χ4n) is 1.61. The van der Waals surface area contributed by atoms with Crippen LogP contribution in [0.1, 0.15) is 45.4 Å². The second kappa shape index (κ2) is 9.24. The van der Waals surface area contributed by atoms with Crippen molar-refractivity contribution in [2.24, 2.45) is 5.14 Å². The second-order valence-corrected chi connectivity index (χ2v) is 6.05. The number of sulfonamides is 1. The van der Waals surface area contributed by atoms with Crippen LogP contribution in [0, 0.1) is 5.41 Å². The van der Waals surface area contributed by atoms with Crippen molar-refractivity contribution in [2.45, 2.75) is 45.4 Å². The molecule has 0 aliphatic carbocycles. The Balaban J connectivity index is 3.74. The first-order valence-corrected chi connectivity index (χ1v) is 7.85. The normalized spacial score (nSPS) is 12.7. The highest BCUT2D eigenvalue weighted by molar-refractivity contribution is 8.04. The molecule has 0 bridgehead atoms. The van der Waals surface area contributed by atoms with E-state index in [1.165, 1.54) is 25.3 Å². The minimum atomic E-state index is -3.84. The number of nitrogens with one attached hydrogen (secondary N) is 2. The average molecular weight is 275 g/mol. The predicted molar refractivity (Wildman–Crippen MR) is 76.2 cm³/mol. The van der Waals surface area contributed by atoms with Crippen molar-refractivity contribution in [3.8, 4) is 0 Å². The van der Waals surface area contributed by atoms with Gasteiger partial charge in [0.05, 0.1) is 0 Å². The van der Waals surface area contributed by atoms with E-state index in [9.17, 15) is 8.42 Å². The molecule has 106 valence electrons. The van der Waals surface area contributed by atoms with Gasteiger partial charge in [0.15, 0.2) is 5.04 Å². The number of primary sulfonamides is 1. The largest absolute Gasteiger partial charge is 0.320 e. The minimum absolute atomic E-state index is 0.506. The van der Waals surface area contributed by atoms with E-state index in [4.69, 9.17) is 10.5 Å². The molecule has 0 amide bonds. The lowest BCUT2D eigenvalue weighted by Gasteiger charge is -2.03. The van der Waals surface area contributed by atoms with Gasteiger partial charge in [0.25, 0.3) is 10.0 Å². The summed E-state index contributed by atoms with van der Waals surface area (Å²) in [6.45, 7) is 2.89. The maximum Gasteiger partial charge on any atom is 0.254 e. The molecule has 4 N–H and O–H groups in total. The molecule has 0 rings (SSSR count). The van der Waals surface area contributed by atoms with Gasteiger partial charge in [-0.15, -0.1) is 0 Å². The van der Waals surface area contributed by atoms with Gasteiger partial charge in [-0.25, -0.2) is 13.6 Å². The molecule has 5 nitrogen and oxygen atoms in total. The Kier molecular flexibility index (Phi) is 8.87. The predicted octanol–water partition coefficient (Wildman–Crippen LogP) is 1.76. The second-order valence-electron chi connectivity index (χ2n) is 4.52. The van der Waals surface area contributed by atoms with Gasteiger partial charge < -0.3 is 5.32 Å². The van der Waals surface area contributed by atoms with Gasteiger partial charge >= 0.3 is 0 Å². The third kappa shape index (κ3) is 9.32. The molecular formula is C12H25N3O2S. The Morgan fingerprint density at radius 3 is 2.33 bits per heavy atom. The summed E-state index contributed by atoms with van der Waals surface area (Å²) in [5.74, 6) is 0. The Hall–Kier alpha value is -0.720. The Morgan fingerprint density at radius 1 is 1.22 bits per heavy atom. The maximum absolute atomic E-state index is 10.8. The molecule has 0 radical (unpaired) electrons. The lowest BCUT2D eigenvalue weighted by atomic mass is 10.1. The average Bonchev–Trinajstić information content (AvgIpc) is 2.26. The third-order valence-corrected chi connectivity index (χ3v) is 3.41. The molecule has 0 spiro atoms. The van der Waals surface area contributed by atoms with E-state index >= 15 is 0 Å². The van der Waals surface area contributed by atoms with E-state index in [1.807, 2.05) is 14.0 Å². The SMILES string of the molecule is CNCCCCCCC/C(C)=C/C(=N)S(N)(=O)=O. The molecule has 0 aliphatic heterocycles. The summed E-state index contributed by atoms with van der Waals surface area (Å²) in [5.41, 5.74) is 0.893. The van der Waals surface area contributed by atoms with Gasteiger partial charge in [0, 0.05) is 0 Å². The number of hydrogen-bond acceptors (Lipinski definition) is 4. The highest BCUT2D eigenvalue weighted by Gasteiger charge is 2.08. The van der Waals surface area contributed by atoms with E-state index in [1.54, 1.807) is 0 Å². The standard InChI is InChI=1S/C12H25N3O2S/c1-11(10-12(13)18(14,16)17)8-6-4-3-5-7-9-15-2/h10,13,15H,3-9H2,1-2H3,(H2,14,16,17)/b11-10+,13-12?. The number of rotatable bonds is 9. The molecule has 0 aromatic heterocycles. The van der Waals surface area contributed by atoms with Gasteiger partial charge in [-0.05, 0) is 45.9 Å². The van der Waals surface area contributed by atoms with Crippen LogP contribution in [0.5, 0.6) is 0 Å². The molecule has 0 saturated heterocycles. The highest BCUT2D eigenvalue weighted by atomic mass is 32.2. The van der Waals surface area contributed by atoms with E-state index in [0.717, 1.165) is 31.4 Å². The van der Waals surface area contributed by atoms with Crippen LogP contribution >= 0.6 is 0 Å². The topological polar surface area (TPSA) is 96.0 Å². The summed E-state index contributed by atoms with van der Waals surface area (Å²) >= 11 is 0. The zero-order valence-corrected chi connectivity index (χ0v) is 12.1. The van der Waals surface area contributed by atoms with Crippen molar-refractivity contribution in [1.82, 2.24) is 5.32 Å². The molecule has 0 atom stereocenters. The molecule has 0 aromatic carbocycles. The van der Waals surface area contributed by atoms with Crippen molar-refractivity contribution in [2.75, 3.05) is 13.6 Å². The quantitative estimate of drug-likeness (QED) is 0.340. The highest BCUT2D eigenvalue weighted by Crippen LogP contribution is 2.10. The molecular weight excluding hydrogens is 250 g/mol. The van der Waals surface area contributed by atoms with Crippen molar-refractivity contribution < 1.29 is 8.42 Å². The fourth-order valence-corrected chi connectivity index (χ4v) is 1.98. The molecule has 18 heavy (non-hydrogen) atoms. The molecule has 0 heterocycles. The van der Waals surface area contributed by atoms with Crippen LogP contribution in [0.25, 0.3) is 0 Å². The molecule has 0 saturated carbocycles. The lowest BCUT2D eigenvalue weighted by molar-refractivity contribution is 0.596. The van der Waals surface area contributed by atoms with Gasteiger partial charge in [0.1, 0.15) is 0 Å². The number of allylic oxidation sites excluding steroid dienone is 1. The number of hydrogen-bond donors (Lipinski definition) is 3. The first-order chi connectivity index (χ1) is 8.38. The van der Waals surface area contributed by atoms with Crippen LogP contribution in [0.15, 0.2) is 11.6 Å². The van der Waals surface area contributed by atoms with Crippen LogP contribution in [0.3, 0.4) is 0 Å². The Labute approximate surface area is 110 Å². The molecule has 0 aliphatic rings. The Morgan fingerprint density at radius 2 is 1.78 bits per heavy atom. The van der Waals surface area contributed by atoms with Crippen LogP contribution in [-0.4, -0.2) is 27.1 Å². The summed E-state index contributed by atoms with van der Waals surface area (Å²) in [6, 6.07) is 0. The summed E-state index contributed by atoms with van der Waals surface area (Å²) in [7, 11) is -1.89. The first-order valence-electron chi connectivity index (χ1n) is 6.31. The van der Waals surface area contributed by atoms with Gasteiger partial charge in [-0.1, -0.05) is 24.8 Å². The number of unbranched alkanes of at least 4 members (excludes halogenated alkanes) is 4. The van der Waals surface area contributed by atoms with E-state index < -0.39 is 15.1 Å². The minimum Gasteiger partial charge on any atom is -0.320 e. The number of nitrogens with two attached hydrogens (primary N) is 1. The summed E-state index contributed by atoms with van der Waals surface area (Å²) in [6.07, 6.45) is 7.94. The molecule has 6 heteroatoms. The zero-order valence-electron chi connectivity index (χ0n) is 11.3. The van der Waals surface area contributed by atoms with Crippen molar-refractivity contribution in [3.05, 3.63) is 11.6 Å².